The van der Waals surface area contributed by atoms with Crippen molar-refractivity contribution in [2.75, 3.05) is 39.3 Å². The third kappa shape index (κ3) is 4.18. The summed E-state index contributed by atoms with van der Waals surface area (Å²) in [7, 11) is 0. The summed E-state index contributed by atoms with van der Waals surface area (Å²) in [6.45, 7) is 6.49. The first kappa shape index (κ1) is 15.3. The molecule has 20 heavy (non-hydrogen) atoms. The lowest BCUT2D eigenvalue weighted by Crippen LogP contribution is -2.45. The average molecular weight is 282 g/mol. The molecule has 0 saturated carbocycles. The van der Waals surface area contributed by atoms with Crippen LogP contribution in [0, 0.1) is 0 Å². The number of unbranched alkanes of at least 4 members (excludes halogenated alkanes) is 1. The van der Waals surface area contributed by atoms with Gasteiger partial charge in [0.25, 0.3) is 0 Å². The molecule has 2 fully saturated rings. The van der Waals surface area contributed by atoms with Gasteiger partial charge in [0.1, 0.15) is 0 Å². The summed E-state index contributed by atoms with van der Waals surface area (Å²) in [5, 5.41) is 6.14. The summed E-state index contributed by atoms with van der Waals surface area (Å²) in [4.78, 5) is 27.3. The molecule has 1 atom stereocenters. The van der Waals surface area contributed by atoms with Crippen LogP contribution in [0.2, 0.25) is 0 Å². The molecule has 2 rings (SSSR count). The molecule has 2 N–H and O–H groups in total. The Hall–Kier alpha value is -1.14. The minimum absolute atomic E-state index is 0.0749. The number of rotatable bonds is 7. The van der Waals surface area contributed by atoms with Gasteiger partial charge < -0.3 is 10.6 Å². The average Bonchev–Trinajstić information content (AvgIpc) is 3.07. The molecule has 0 aromatic carbocycles. The zero-order chi connectivity index (χ0) is 14.4. The van der Waals surface area contributed by atoms with Crippen LogP contribution in [0.5, 0.6) is 0 Å². The van der Waals surface area contributed by atoms with Crippen molar-refractivity contribution in [3.63, 3.8) is 0 Å². The van der Waals surface area contributed by atoms with Crippen LogP contribution in [0.4, 0.5) is 4.79 Å². The van der Waals surface area contributed by atoms with Crippen LogP contribution in [-0.2, 0) is 4.79 Å². The van der Waals surface area contributed by atoms with Crippen LogP contribution in [-0.4, -0.2) is 67.0 Å². The highest BCUT2D eigenvalue weighted by Gasteiger charge is 2.28. The van der Waals surface area contributed by atoms with Gasteiger partial charge in [-0.15, -0.1) is 0 Å². The number of imide groups is 1. The Kier molecular flexibility index (Phi) is 5.79. The van der Waals surface area contributed by atoms with E-state index in [0.29, 0.717) is 25.7 Å². The van der Waals surface area contributed by atoms with E-state index in [0.717, 1.165) is 32.5 Å². The van der Waals surface area contributed by atoms with Crippen LogP contribution in [0.25, 0.3) is 0 Å². The number of hydrogen-bond acceptors (Lipinski definition) is 4. The quantitative estimate of drug-likeness (QED) is 0.709. The fraction of sp³-hybridized carbons (Fsp3) is 0.857. The maximum Gasteiger partial charge on any atom is 0.324 e. The zero-order valence-corrected chi connectivity index (χ0v) is 12.4. The van der Waals surface area contributed by atoms with Gasteiger partial charge in [0.05, 0.1) is 6.54 Å². The van der Waals surface area contributed by atoms with Crippen molar-refractivity contribution < 1.29 is 9.59 Å². The summed E-state index contributed by atoms with van der Waals surface area (Å²) >= 11 is 0. The first-order valence-corrected chi connectivity index (χ1v) is 7.74. The van der Waals surface area contributed by atoms with Crippen LogP contribution >= 0.6 is 0 Å². The Bertz CT molecular complexity index is 342. The van der Waals surface area contributed by atoms with Gasteiger partial charge in [-0.1, -0.05) is 13.3 Å². The highest BCUT2D eigenvalue weighted by molar-refractivity contribution is 5.96. The standard InChI is InChI=1S/C14H26N4O2/c1-2-3-8-17(10-12-5-4-6-15-12)11-13(19)18-9-7-16-14(18)20/h12,15H,2-11H2,1H3,(H,16,20). The molecule has 2 heterocycles. The lowest BCUT2D eigenvalue weighted by Gasteiger charge is -2.26. The van der Waals surface area contributed by atoms with Crippen molar-refractivity contribution >= 4 is 11.9 Å². The zero-order valence-electron chi connectivity index (χ0n) is 12.4. The van der Waals surface area contributed by atoms with Crippen molar-refractivity contribution in [2.24, 2.45) is 0 Å². The number of urea groups is 1. The van der Waals surface area contributed by atoms with E-state index in [2.05, 4.69) is 22.5 Å². The first-order valence-electron chi connectivity index (χ1n) is 7.74. The maximum absolute atomic E-state index is 12.2. The van der Waals surface area contributed by atoms with E-state index >= 15 is 0 Å². The third-order valence-electron chi connectivity index (χ3n) is 3.99. The van der Waals surface area contributed by atoms with Crippen molar-refractivity contribution in [1.82, 2.24) is 20.4 Å². The highest BCUT2D eigenvalue weighted by atomic mass is 16.2. The first-order chi connectivity index (χ1) is 9.70. The molecular formula is C14H26N4O2. The van der Waals surface area contributed by atoms with Gasteiger partial charge >= 0.3 is 6.03 Å². The second-order valence-corrected chi connectivity index (χ2v) is 5.66. The molecule has 2 saturated heterocycles. The van der Waals surface area contributed by atoms with Crippen LogP contribution < -0.4 is 10.6 Å². The van der Waals surface area contributed by atoms with Crippen molar-refractivity contribution in [3.8, 4) is 0 Å². The summed E-state index contributed by atoms with van der Waals surface area (Å²) < 4.78 is 0. The van der Waals surface area contributed by atoms with Gasteiger partial charge in [0.2, 0.25) is 5.91 Å². The maximum atomic E-state index is 12.2. The van der Waals surface area contributed by atoms with Gasteiger partial charge in [-0.2, -0.15) is 0 Å². The van der Waals surface area contributed by atoms with E-state index in [1.165, 1.54) is 17.7 Å². The molecule has 0 aliphatic carbocycles. The molecule has 0 aromatic heterocycles. The summed E-state index contributed by atoms with van der Waals surface area (Å²) in [5.74, 6) is -0.0749. The van der Waals surface area contributed by atoms with Crippen LogP contribution in [0.1, 0.15) is 32.6 Å². The molecule has 0 spiro atoms. The lowest BCUT2D eigenvalue weighted by atomic mass is 10.2. The van der Waals surface area contributed by atoms with E-state index in [4.69, 9.17) is 0 Å². The van der Waals surface area contributed by atoms with Gasteiger partial charge in [-0.05, 0) is 32.4 Å². The molecule has 0 radical (unpaired) electrons. The normalized spacial score (nSPS) is 22.6. The molecule has 1 unspecified atom stereocenters. The summed E-state index contributed by atoms with van der Waals surface area (Å²) in [6, 6.07) is 0.247. The van der Waals surface area contributed by atoms with Gasteiger partial charge in [0, 0.05) is 25.7 Å². The monoisotopic (exact) mass is 282 g/mol. The van der Waals surface area contributed by atoms with Crippen LogP contribution in [0.3, 0.4) is 0 Å². The van der Waals surface area contributed by atoms with E-state index in [9.17, 15) is 9.59 Å². The molecule has 3 amide bonds. The number of carbonyl (C=O) groups is 2. The van der Waals surface area contributed by atoms with Crippen molar-refractivity contribution in [2.45, 2.75) is 38.6 Å². The second-order valence-electron chi connectivity index (χ2n) is 5.66. The van der Waals surface area contributed by atoms with E-state index in [1.54, 1.807) is 0 Å². The van der Waals surface area contributed by atoms with Gasteiger partial charge in [-0.25, -0.2) is 4.79 Å². The van der Waals surface area contributed by atoms with E-state index < -0.39 is 0 Å². The molecule has 114 valence electrons. The molecular weight excluding hydrogens is 256 g/mol. The van der Waals surface area contributed by atoms with Gasteiger partial charge in [-0.3, -0.25) is 14.6 Å². The Balaban J connectivity index is 1.84. The van der Waals surface area contributed by atoms with Gasteiger partial charge in [0.15, 0.2) is 0 Å². The Morgan fingerprint density at radius 1 is 1.45 bits per heavy atom. The summed E-state index contributed by atoms with van der Waals surface area (Å²) in [5.41, 5.74) is 0. The topological polar surface area (TPSA) is 64.7 Å². The highest BCUT2D eigenvalue weighted by Crippen LogP contribution is 2.09. The molecule has 2 aliphatic rings. The minimum atomic E-state index is -0.246. The number of nitrogens with one attached hydrogen (secondary N) is 2. The summed E-state index contributed by atoms with van der Waals surface area (Å²) in [6.07, 6.45) is 4.61. The Morgan fingerprint density at radius 3 is 2.90 bits per heavy atom. The van der Waals surface area contributed by atoms with Crippen molar-refractivity contribution in [3.05, 3.63) is 0 Å². The smallest absolute Gasteiger partial charge is 0.324 e. The Morgan fingerprint density at radius 2 is 2.30 bits per heavy atom. The predicted octanol–water partition coefficient (Wildman–Crippen LogP) is 0.392. The Labute approximate surface area is 120 Å². The van der Waals surface area contributed by atoms with E-state index in [-0.39, 0.29) is 11.9 Å². The molecule has 0 bridgehead atoms. The van der Waals surface area contributed by atoms with Crippen LogP contribution in [0.15, 0.2) is 0 Å². The molecule has 6 heteroatoms. The lowest BCUT2D eigenvalue weighted by molar-refractivity contribution is -0.128. The van der Waals surface area contributed by atoms with Crippen molar-refractivity contribution in [1.29, 1.82) is 0 Å². The van der Waals surface area contributed by atoms with E-state index in [1.807, 2.05) is 0 Å². The fourth-order valence-electron chi connectivity index (χ4n) is 2.83. The molecule has 6 nitrogen and oxygen atoms in total. The largest absolute Gasteiger partial charge is 0.336 e. The third-order valence-corrected chi connectivity index (χ3v) is 3.99. The second kappa shape index (κ2) is 7.59. The molecule has 0 aromatic rings. The number of hydrogen-bond donors (Lipinski definition) is 2. The minimum Gasteiger partial charge on any atom is -0.336 e. The number of nitrogens with zero attached hydrogens (tertiary/aromatic N) is 2. The number of carbonyl (C=O) groups excluding carboxylic acids is 2. The fourth-order valence-corrected chi connectivity index (χ4v) is 2.83. The predicted molar refractivity (Wildman–Crippen MR) is 77.5 cm³/mol. The molecule has 2 aliphatic heterocycles. The SMILES string of the molecule is CCCCN(CC(=O)N1CCNC1=O)CC1CCCN1. The number of amides is 3.